The number of carbonyl (C=O) groups is 3. The Hall–Kier alpha value is -2.79. The van der Waals surface area contributed by atoms with Crippen LogP contribution in [0.2, 0.25) is 0 Å². The van der Waals surface area contributed by atoms with Crippen LogP contribution in [0.25, 0.3) is 0 Å². The van der Waals surface area contributed by atoms with Crippen molar-refractivity contribution in [2.45, 2.75) is 105 Å². The van der Waals surface area contributed by atoms with Crippen LogP contribution < -0.4 is 5.73 Å². The lowest BCUT2D eigenvalue weighted by molar-refractivity contribution is -0.141. The summed E-state index contributed by atoms with van der Waals surface area (Å²) in [6.45, 7) is 13.9. The average molecular weight is 604 g/mol. The molecule has 42 heavy (non-hydrogen) atoms. The van der Waals surface area contributed by atoms with Gasteiger partial charge in [0.25, 0.3) is 6.47 Å². The number of carboxylic acid groups (broad SMARTS) is 2. The van der Waals surface area contributed by atoms with Crippen LogP contribution in [0.15, 0.2) is 24.3 Å². The molecule has 0 bridgehead atoms. The number of benzene rings is 1. The highest BCUT2D eigenvalue weighted by molar-refractivity contribution is 5.71. The average Bonchev–Trinajstić information content (AvgIpc) is 3.47. The zero-order chi connectivity index (χ0) is 32.4. The minimum atomic E-state index is -1.18. The Morgan fingerprint density at radius 3 is 2.12 bits per heavy atom. The molecule has 1 aromatic carbocycles. The number of ether oxygens (including phenoxy) is 3. The zero-order valence-corrected chi connectivity index (χ0v) is 26.0. The number of aliphatic carboxylic acids is 1. The van der Waals surface area contributed by atoms with Gasteiger partial charge >= 0.3 is 12.1 Å². The molecule has 0 heterocycles. The van der Waals surface area contributed by atoms with Crippen LogP contribution in [0.1, 0.15) is 79.7 Å². The summed E-state index contributed by atoms with van der Waals surface area (Å²) in [6.07, 6.45) is 1.93. The van der Waals surface area contributed by atoms with Crippen LogP contribution in [0.5, 0.6) is 0 Å². The number of halogens is 2. The van der Waals surface area contributed by atoms with Crippen molar-refractivity contribution >= 4 is 18.6 Å². The topological polar surface area (TPSA) is 145 Å². The largest absolute Gasteiger partial charge is 0.509 e. The third-order valence-corrected chi connectivity index (χ3v) is 7.41. The summed E-state index contributed by atoms with van der Waals surface area (Å²) in [5, 5.41) is 15.3. The number of rotatable bonds is 7. The minimum absolute atomic E-state index is 0.00761. The van der Waals surface area contributed by atoms with Crippen molar-refractivity contribution in [3.63, 3.8) is 0 Å². The second-order valence-corrected chi connectivity index (χ2v) is 10.5. The molecule has 3 aliphatic carbocycles. The standard InChI is InChI=1S/C13H15F2NO.C13H22O5.2C2H6.CH2O2/c14-8-3-1-7(2-4-8)6-17-10-5-9-11(12(9)15)13(10)16;1-8(2)10-5-4-9(3)6-11(10)18-13(16)17-7-12(14)15;2*1-2;2-1-3/h1-4,9-13H,5-6,16H2;8-11H,4-7H2,1-3H3,(H,14,15);2*1-2H3;1H,(H,2,3)/t9-,10-,11+,12?,13?;9?,10-,11?;;;/m11.../s1. The molecule has 0 saturated heterocycles. The van der Waals surface area contributed by atoms with E-state index >= 15 is 0 Å². The van der Waals surface area contributed by atoms with Gasteiger partial charge in [-0.3, -0.25) is 4.79 Å². The number of hydrogen-bond acceptors (Lipinski definition) is 7. The molecule has 3 aliphatic rings. The van der Waals surface area contributed by atoms with Gasteiger partial charge in [-0.1, -0.05) is 67.0 Å². The van der Waals surface area contributed by atoms with Crippen molar-refractivity contribution in [1.29, 1.82) is 0 Å². The monoisotopic (exact) mass is 603 g/mol. The number of nitrogens with two attached hydrogens (primary N) is 1. The van der Waals surface area contributed by atoms with Gasteiger partial charge in [-0.25, -0.2) is 18.4 Å². The van der Waals surface area contributed by atoms with Crippen LogP contribution >= 0.6 is 0 Å². The summed E-state index contributed by atoms with van der Waals surface area (Å²) in [7, 11) is 0. The maximum Gasteiger partial charge on any atom is 0.509 e. The molecule has 8 atom stereocenters. The number of fused-ring (bicyclic) bond motifs is 1. The third-order valence-electron chi connectivity index (χ3n) is 7.41. The fourth-order valence-electron chi connectivity index (χ4n) is 5.31. The molecule has 9 nitrogen and oxygen atoms in total. The Bertz CT molecular complexity index is 901. The van der Waals surface area contributed by atoms with E-state index in [1.54, 1.807) is 12.1 Å². The number of carboxylic acids is 1. The lowest BCUT2D eigenvalue weighted by atomic mass is 9.75. The predicted molar refractivity (Wildman–Crippen MR) is 156 cm³/mol. The van der Waals surface area contributed by atoms with E-state index in [1.165, 1.54) is 12.1 Å². The fourth-order valence-corrected chi connectivity index (χ4v) is 5.31. The van der Waals surface area contributed by atoms with Crippen LogP contribution in [-0.4, -0.2) is 59.8 Å². The lowest BCUT2D eigenvalue weighted by Gasteiger charge is -2.36. The van der Waals surface area contributed by atoms with E-state index in [0.717, 1.165) is 24.8 Å². The van der Waals surface area contributed by atoms with Gasteiger partial charge < -0.3 is 30.2 Å². The van der Waals surface area contributed by atoms with E-state index in [-0.39, 0.29) is 42.4 Å². The molecule has 3 saturated carbocycles. The predicted octanol–water partition coefficient (Wildman–Crippen LogP) is 6.46. The maximum atomic E-state index is 13.1. The van der Waals surface area contributed by atoms with E-state index in [4.69, 9.17) is 30.2 Å². The Labute approximate surface area is 249 Å². The summed E-state index contributed by atoms with van der Waals surface area (Å²) >= 11 is 0. The number of alkyl halides is 1. The molecule has 0 spiro atoms. The van der Waals surface area contributed by atoms with Crippen molar-refractivity contribution < 1.29 is 47.6 Å². The second-order valence-electron chi connectivity index (χ2n) is 10.5. The Morgan fingerprint density at radius 2 is 1.64 bits per heavy atom. The molecule has 0 amide bonds. The third kappa shape index (κ3) is 13.5. The first-order valence-electron chi connectivity index (χ1n) is 14.9. The van der Waals surface area contributed by atoms with E-state index < -0.39 is 24.9 Å². The Balaban J connectivity index is 0.000000661. The van der Waals surface area contributed by atoms with Gasteiger partial charge in [0, 0.05) is 17.9 Å². The highest BCUT2D eigenvalue weighted by Gasteiger charge is 2.62. The Morgan fingerprint density at radius 1 is 1.07 bits per heavy atom. The molecule has 0 aromatic heterocycles. The van der Waals surface area contributed by atoms with Crippen molar-refractivity contribution in [2.24, 2.45) is 35.3 Å². The smallest absolute Gasteiger partial charge is 0.483 e. The van der Waals surface area contributed by atoms with Crippen molar-refractivity contribution in [3.05, 3.63) is 35.6 Å². The highest BCUT2D eigenvalue weighted by Crippen LogP contribution is 2.54. The highest BCUT2D eigenvalue weighted by atomic mass is 19.1. The molecule has 4 unspecified atom stereocenters. The molecule has 4 N–H and O–H groups in total. The maximum absolute atomic E-state index is 13.1. The van der Waals surface area contributed by atoms with E-state index in [9.17, 15) is 18.4 Å². The first-order chi connectivity index (χ1) is 20.0. The first kappa shape index (κ1) is 39.2. The summed E-state index contributed by atoms with van der Waals surface area (Å²) in [5.41, 5.74) is 6.83. The van der Waals surface area contributed by atoms with Crippen molar-refractivity contribution in [2.75, 3.05) is 6.61 Å². The van der Waals surface area contributed by atoms with Gasteiger partial charge in [0.2, 0.25) is 0 Å². The molecule has 0 radical (unpaired) electrons. The van der Waals surface area contributed by atoms with Crippen molar-refractivity contribution in [3.8, 4) is 0 Å². The van der Waals surface area contributed by atoms with E-state index in [0.29, 0.717) is 30.8 Å². The summed E-state index contributed by atoms with van der Waals surface area (Å²) in [5.74, 6) is -0.0146. The van der Waals surface area contributed by atoms with E-state index in [1.807, 2.05) is 27.7 Å². The fraction of sp³-hybridized carbons (Fsp3) is 0.710. The second kappa shape index (κ2) is 21.0. The van der Waals surface area contributed by atoms with Gasteiger partial charge in [0.1, 0.15) is 18.1 Å². The first-order valence-corrected chi connectivity index (χ1v) is 14.9. The Kier molecular flexibility index (Phi) is 19.6. The van der Waals surface area contributed by atoms with Gasteiger partial charge in [0.05, 0.1) is 12.7 Å². The molecule has 4 rings (SSSR count). The number of hydrogen-bond donors (Lipinski definition) is 3. The molecule has 242 valence electrons. The van der Waals surface area contributed by atoms with Crippen molar-refractivity contribution in [1.82, 2.24) is 0 Å². The summed E-state index contributed by atoms with van der Waals surface area (Å²) < 4.78 is 41.2. The normalized spacial score (nSPS) is 28.4. The van der Waals surface area contributed by atoms with Crippen LogP contribution in [-0.2, 0) is 30.4 Å². The number of carbonyl (C=O) groups excluding carboxylic acids is 1. The molecule has 0 aliphatic heterocycles. The minimum Gasteiger partial charge on any atom is -0.483 e. The zero-order valence-electron chi connectivity index (χ0n) is 26.0. The van der Waals surface area contributed by atoms with Crippen LogP contribution in [0.4, 0.5) is 13.6 Å². The molecular weight excluding hydrogens is 552 g/mol. The molecule has 11 heteroatoms. The van der Waals surface area contributed by atoms with Gasteiger partial charge in [-0.15, -0.1) is 0 Å². The quantitative estimate of drug-likeness (QED) is 0.236. The van der Waals surface area contributed by atoms with Crippen LogP contribution in [0, 0.1) is 35.4 Å². The van der Waals surface area contributed by atoms with Gasteiger partial charge in [0.15, 0.2) is 6.61 Å². The van der Waals surface area contributed by atoms with Gasteiger partial charge in [-0.05, 0) is 54.7 Å². The van der Waals surface area contributed by atoms with E-state index in [2.05, 4.69) is 25.5 Å². The van der Waals surface area contributed by atoms with Crippen LogP contribution in [0.3, 0.4) is 0 Å². The summed E-state index contributed by atoms with van der Waals surface area (Å²) in [4.78, 5) is 30.0. The molecule has 1 aromatic rings. The summed E-state index contributed by atoms with van der Waals surface area (Å²) in [6, 6.07) is 6.00. The molecule has 3 fully saturated rings. The van der Waals surface area contributed by atoms with Gasteiger partial charge in [-0.2, -0.15) is 0 Å². The lowest BCUT2D eigenvalue weighted by Crippen LogP contribution is -2.36. The molecular formula is C31H51F2NO8. The SMILES string of the molecule is CC.CC.CC1CC[C@H](C(C)C)C(OC(=O)OCC(=O)O)C1.NC1[C@@H]2C(F)[C@@H]2C[C@H]1OCc1ccc(F)cc1.O=CO.